The van der Waals surface area contributed by atoms with Crippen LogP contribution in [0.4, 0.5) is 5.69 Å². The van der Waals surface area contributed by atoms with Gasteiger partial charge in [0.05, 0.1) is 5.69 Å². The lowest BCUT2D eigenvalue weighted by atomic mass is 10.1. The lowest BCUT2D eigenvalue weighted by molar-refractivity contribution is -0.118. The van der Waals surface area contributed by atoms with E-state index in [2.05, 4.69) is 29.4 Å². The van der Waals surface area contributed by atoms with Crippen molar-refractivity contribution in [2.75, 3.05) is 38.1 Å². The summed E-state index contributed by atoms with van der Waals surface area (Å²) < 4.78 is 5.26. The predicted molar refractivity (Wildman–Crippen MR) is 80.7 cm³/mol. The van der Waals surface area contributed by atoms with Crippen molar-refractivity contribution in [2.45, 2.75) is 13.8 Å². The van der Waals surface area contributed by atoms with E-state index in [1.807, 2.05) is 0 Å². The molecule has 0 radical (unpaired) electrons. The SMILES string of the molecule is CCN(CC)CCNC(=O)c1ccc2c(c1)NC(=O)CO2. The Kier molecular flexibility index (Phi) is 5.16. The van der Waals surface area contributed by atoms with Gasteiger partial charge in [-0.15, -0.1) is 0 Å². The van der Waals surface area contributed by atoms with Crippen molar-refractivity contribution in [1.82, 2.24) is 10.2 Å². The molecule has 0 aliphatic carbocycles. The van der Waals surface area contributed by atoms with Crippen molar-refractivity contribution in [3.8, 4) is 5.75 Å². The summed E-state index contributed by atoms with van der Waals surface area (Å²) >= 11 is 0. The van der Waals surface area contributed by atoms with Crippen molar-refractivity contribution in [3.63, 3.8) is 0 Å². The van der Waals surface area contributed by atoms with Gasteiger partial charge in [-0.05, 0) is 31.3 Å². The van der Waals surface area contributed by atoms with Crippen LogP contribution < -0.4 is 15.4 Å². The largest absolute Gasteiger partial charge is 0.482 e. The van der Waals surface area contributed by atoms with E-state index in [9.17, 15) is 9.59 Å². The second-order valence-electron chi connectivity index (χ2n) is 4.83. The topological polar surface area (TPSA) is 70.7 Å². The fourth-order valence-electron chi connectivity index (χ4n) is 2.19. The van der Waals surface area contributed by atoms with Gasteiger partial charge in [-0.25, -0.2) is 0 Å². The van der Waals surface area contributed by atoms with Crippen molar-refractivity contribution < 1.29 is 14.3 Å². The Balaban J connectivity index is 1.94. The van der Waals surface area contributed by atoms with E-state index < -0.39 is 0 Å². The highest BCUT2D eigenvalue weighted by Crippen LogP contribution is 2.28. The van der Waals surface area contributed by atoms with E-state index in [4.69, 9.17) is 4.74 Å². The molecular formula is C15H21N3O3. The van der Waals surface area contributed by atoms with Gasteiger partial charge in [0.25, 0.3) is 11.8 Å². The second-order valence-corrected chi connectivity index (χ2v) is 4.83. The molecule has 21 heavy (non-hydrogen) atoms. The summed E-state index contributed by atoms with van der Waals surface area (Å²) in [5, 5.41) is 5.58. The van der Waals surface area contributed by atoms with Crippen molar-refractivity contribution in [2.24, 2.45) is 0 Å². The summed E-state index contributed by atoms with van der Waals surface area (Å²) in [5.74, 6) is 0.237. The van der Waals surface area contributed by atoms with E-state index in [1.54, 1.807) is 18.2 Å². The third kappa shape index (κ3) is 3.95. The number of hydrogen-bond acceptors (Lipinski definition) is 4. The Morgan fingerprint density at radius 3 is 2.86 bits per heavy atom. The highest BCUT2D eigenvalue weighted by atomic mass is 16.5. The Labute approximate surface area is 124 Å². The van der Waals surface area contributed by atoms with E-state index >= 15 is 0 Å². The molecule has 0 atom stereocenters. The molecule has 0 unspecified atom stereocenters. The molecule has 1 aromatic carbocycles. The quantitative estimate of drug-likeness (QED) is 0.823. The third-order valence-electron chi connectivity index (χ3n) is 3.48. The molecule has 0 aromatic heterocycles. The number of nitrogens with zero attached hydrogens (tertiary/aromatic N) is 1. The summed E-state index contributed by atoms with van der Waals surface area (Å²) in [7, 11) is 0. The number of nitrogens with one attached hydrogen (secondary N) is 2. The Hall–Kier alpha value is -2.08. The number of rotatable bonds is 6. The van der Waals surface area contributed by atoms with Crippen molar-refractivity contribution >= 4 is 17.5 Å². The van der Waals surface area contributed by atoms with Crippen molar-refractivity contribution in [3.05, 3.63) is 23.8 Å². The first-order chi connectivity index (χ1) is 10.1. The Morgan fingerprint density at radius 2 is 2.14 bits per heavy atom. The number of anilines is 1. The third-order valence-corrected chi connectivity index (χ3v) is 3.48. The zero-order valence-electron chi connectivity index (χ0n) is 12.4. The highest BCUT2D eigenvalue weighted by molar-refractivity contribution is 5.99. The first-order valence-electron chi connectivity index (χ1n) is 7.21. The molecule has 1 aliphatic heterocycles. The van der Waals surface area contributed by atoms with Gasteiger partial charge in [0.2, 0.25) is 0 Å². The van der Waals surface area contributed by atoms with Gasteiger partial charge in [-0.2, -0.15) is 0 Å². The zero-order chi connectivity index (χ0) is 15.2. The van der Waals surface area contributed by atoms with Crippen LogP contribution in [0.15, 0.2) is 18.2 Å². The molecule has 1 aliphatic rings. The molecule has 6 heteroatoms. The monoisotopic (exact) mass is 291 g/mol. The second kappa shape index (κ2) is 7.08. The summed E-state index contributed by atoms with van der Waals surface area (Å²) in [4.78, 5) is 25.6. The number of benzene rings is 1. The van der Waals surface area contributed by atoms with Crippen LogP contribution in [0.5, 0.6) is 5.75 Å². The number of carbonyl (C=O) groups excluding carboxylic acids is 2. The summed E-state index contributed by atoms with van der Waals surface area (Å²) in [6.45, 7) is 7.56. The minimum absolute atomic E-state index is 0.0163. The molecule has 114 valence electrons. The molecule has 2 N–H and O–H groups in total. The number of fused-ring (bicyclic) bond motifs is 1. The summed E-state index contributed by atoms with van der Waals surface area (Å²) in [6, 6.07) is 5.04. The Morgan fingerprint density at radius 1 is 1.38 bits per heavy atom. The standard InChI is InChI=1S/C15H21N3O3/c1-3-18(4-2)8-7-16-15(20)11-5-6-13-12(9-11)17-14(19)10-21-13/h5-6,9H,3-4,7-8,10H2,1-2H3,(H,16,20)(H,17,19). The lowest BCUT2D eigenvalue weighted by Gasteiger charge is -2.19. The van der Waals surface area contributed by atoms with Crippen LogP contribution in [0.3, 0.4) is 0 Å². The maximum absolute atomic E-state index is 12.1. The van der Waals surface area contributed by atoms with Crippen LogP contribution in [0.2, 0.25) is 0 Å². The molecule has 0 saturated carbocycles. The zero-order valence-corrected chi connectivity index (χ0v) is 12.4. The van der Waals surface area contributed by atoms with Crippen LogP contribution in [0, 0.1) is 0 Å². The van der Waals surface area contributed by atoms with Gasteiger partial charge < -0.3 is 20.3 Å². The number of likely N-dealkylation sites (N-methyl/N-ethyl adjacent to an activating group) is 1. The van der Waals surface area contributed by atoms with Crippen LogP contribution in [-0.2, 0) is 4.79 Å². The van der Waals surface area contributed by atoms with Crippen LogP contribution in [-0.4, -0.2) is 49.5 Å². The molecule has 0 bridgehead atoms. The van der Waals surface area contributed by atoms with E-state index in [-0.39, 0.29) is 18.4 Å². The average Bonchev–Trinajstić information content (AvgIpc) is 2.50. The molecular weight excluding hydrogens is 270 g/mol. The summed E-state index contributed by atoms with van der Waals surface area (Å²) in [6.07, 6.45) is 0. The average molecular weight is 291 g/mol. The van der Waals surface area contributed by atoms with E-state index in [0.717, 1.165) is 19.6 Å². The van der Waals surface area contributed by atoms with E-state index in [1.165, 1.54) is 0 Å². The molecule has 6 nitrogen and oxygen atoms in total. The molecule has 2 amide bonds. The normalized spacial score (nSPS) is 13.4. The van der Waals surface area contributed by atoms with Crippen LogP contribution in [0.25, 0.3) is 0 Å². The van der Waals surface area contributed by atoms with Gasteiger partial charge >= 0.3 is 0 Å². The fraction of sp³-hybridized carbons (Fsp3) is 0.467. The first-order valence-corrected chi connectivity index (χ1v) is 7.21. The summed E-state index contributed by atoms with van der Waals surface area (Å²) in [5.41, 5.74) is 1.06. The van der Waals surface area contributed by atoms with Gasteiger partial charge in [-0.1, -0.05) is 13.8 Å². The van der Waals surface area contributed by atoms with E-state index in [0.29, 0.717) is 23.5 Å². The first kappa shape index (κ1) is 15.3. The van der Waals surface area contributed by atoms with Gasteiger partial charge in [-0.3, -0.25) is 9.59 Å². The van der Waals surface area contributed by atoms with Gasteiger partial charge in [0.15, 0.2) is 6.61 Å². The maximum atomic E-state index is 12.1. The Bertz CT molecular complexity index is 527. The minimum Gasteiger partial charge on any atom is -0.482 e. The number of carbonyl (C=O) groups is 2. The van der Waals surface area contributed by atoms with Crippen LogP contribution in [0.1, 0.15) is 24.2 Å². The predicted octanol–water partition coefficient (Wildman–Crippen LogP) is 1.09. The molecule has 0 spiro atoms. The van der Waals surface area contributed by atoms with Gasteiger partial charge in [0, 0.05) is 18.7 Å². The smallest absolute Gasteiger partial charge is 0.262 e. The molecule has 1 heterocycles. The van der Waals surface area contributed by atoms with Crippen molar-refractivity contribution in [1.29, 1.82) is 0 Å². The maximum Gasteiger partial charge on any atom is 0.262 e. The number of ether oxygens (including phenoxy) is 1. The molecule has 0 fully saturated rings. The minimum atomic E-state index is -0.207. The van der Waals surface area contributed by atoms with Gasteiger partial charge in [0.1, 0.15) is 5.75 Å². The molecule has 1 aromatic rings. The number of amides is 2. The van der Waals surface area contributed by atoms with Crippen LogP contribution >= 0.6 is 0 Å². The number of hydrogen-bond donors (Lipinski definition) is 2. The lowest BCUT2D eigenvalue weighted by Crippen LogP contribution is -2.35. The molecule has 0 saturated heterocycles. The molecule has 2 rings (SSSR count). The fourth-order valence-corrected chi connectivity index (χ4v) is 2.19. The highest BCUT2D eigenvalue weighted by Gasteiger charge is 2.17.